The number of aromatic nitrogens is 4. The molecule has 0 bridgehead atoms. The van der Waals surface area contributed by atoms with Gasteiger partial charge in [-0.3, -0.25) is 9.78 Å². The standard InChI is InChI=1S/C23H28N6O5S/c1-10-16(21-28-17-11(2)24-6-5-15(17)35-21)20(29-23(26-10)25-7-8-32-4)27-14-9-13-19(18(14)30)33-12(3)34-22(13)31/h5-6,12-14,18-19,30H,7-9H2,1-4H3,(H2,25,26,27,29). The summed E-state index contributed by atoms with van der Waals surface area (Å²) < 4.78 is 17.1. The molecule has 5 rings (SSSR count). The lowest BCUT2D eigenvalue weighted by molar-refractivity contribution is -0.230. The monoisotopic (exact) mass is 500 g/mol. The predicted octanol–water partition coefficient (Wildman–Crippen LogP) is 2.27. The highest BCUT2D eigenvalue weighted by Gasteiger charge is 2.51. The number of hydrogen-bond acceptors (Lipinski definition) is 12. The number of esters is 1. The van der Waals surface area contributed by atoms with Crippen molar-refractivity contribution in [2.45, 2.75) is 51.7 Å². The molecule has 11 nitrogen and oxygen atoms in total. The second-order valence-electron chi connectivity index (χ2n) is 8.73. The molecule has 0 radical (unpaired) electrons. The molecule has 1 saturated heterocycles. The molecule has 0 spiro atoms. The molecular formula is C23H28N6O5S. The third-order valence-corrected chi connectivity index (χ3v) is 7.33. The Kier molecular flexibility index (Phi) is 6.53. The maximum absolute atomic E-state index is 12.4. The van der Waals surface area contributed by atoms with Gasteiger partial charge in [0.25, 0.3) is 0 Å². The van der Waals surface area contributed by atoms with E-state index in [4.69, 9.17) is 24.2 Å². The van der Waals surface area contributed by atoms with Crippen LogP contribution in [-0.2, 0) is 19.0 Å². The molecule has 186 valence electrons. The summed E-state index contributed by atoms with van der Waals surface area (Å²) in [6.45, 7) is 6.51. The second-order valence-corrected chi connectivity index (χ2v) is 9.76. The van der Waals surface area contributed by atoms with Gasteiger partial charge in [0.05, 0.1) is 40.2 Å². The highest BCUT2D eigenvalue weighted by atomic mass is 32.1. The Bertz CT molecular complexity index is 1250. The number of rotatable bonds is 7. The number of fused-ring (bicyclic) bond motifs is 2. The summed E-state index contributed by atoms with van der Waals surface area (Å²) in [7, 11) is 1.63. The van der Waals surface area contributed by atoms with Crippen molar-refractivity contribution in [3.8, 4) is 10.6 Å². The van der Waals surface area contributed by atoms with Crippen LogP contribution in [0.4, 0.5) is 11.8 Å². The molecule has 12 heteroatoms. The minimum Gasteiger partial charge on any atom is -0.436 e. The average Bonchev–Trinajstić information content (AvgIpc) is 3.37. The number of carbonyl (C=O) groups is 1. The van der Waals surface area contributed by atoms with Crippen molar-refractivity contribution in [1.82, 2.24) is 19.9 Å². The molecular weight excluding hydrogens is 472 g/mol. The summed E-state index contributed by atoms with van der Waals surface area (Å²) >= 11 is 1.53. The van der Waals surface area contributed by atoms with Gasteiger partial charge in [-0.15, -0.1) is 11.3 Å². The molecule has 1 aliphatic heterocycles. The van der Waals surface area contributed by atoms with Crippen molar-refractivity contribution < 1.29 is 24.1 Å². The zero-order valence-electron chi connectivity index (χ0n) is 19.9. The van der Waals surface area contributed by atoms with Gasteiger partial charge in [0.1, 0.15) is 28.6 Å². The van der Waals surface area contributed by atoms with Crippen LogP contribution in [0.5, 0.6) is 0 Å². The van der Waals surface area contributed by atoms with E-state index in [1.54, 1.807) is 20.2 Å². The number of carbonyl (C=O) groups excluding carboxylic acids is 1. The molecule has 0 aromatic carbocycles. The van der Waals surface area contributed by atoms with E-state index in [-0.39, 0.29) is 5.97 Å². The highest BCUT2D eigenvalue weighted by Crippen LogP contribution is 2.40. The number of thiazole rings is 1. The first kappa shape index (κ1) is 23.8. The van der Waals surface area contributed by atoms with Crippen LogP contribution in [0.15, 0.2) is 12.3 Å². The fourth-order valence-corrected chi connectivity index (χ4v) is 5.72. The largest absolute Gasteiger partial charge is 0.436 e. The summed E-state index contributed by atoms with van der Waals surface area (Å²) in [4.78, 5) is 30.9. The number of nitrogens with zero attached hydrogens (tertiary/aromatic N) is 4. The van der Waals surface area contributed by atoms with Crippen molar-refractivity contribution in [3.05, 3.63) is 23.7 Å². The predicted molar refractivity (Wildman–Crippen MR) is 130 cm³/mol. The van der Waals surface area contributed by atoms with Gasteiger partial charge < -0.3 is 30.0 Å². The van der Waals surface area contributed by atoms with Crippen LogP contribution < -0.4 is 10.6 Å². The van der Waals surface area contributed by atoms with Crippen LogP contribution in [0.2, 0.25) is 0 Å². The third kappa shape index (κ3) is 4.54. The van der Waals surface area contributed by atoms with Crippen LogP contribution in [0.1, 0.15) is 24.7 Å². The number of aliphatic hydroxyl groups is 1. The fraction of sp³-hybridized carbons (Fsp3) is 0.522. The van der Waals surface area contributed by atoms with E-state index in [1.807, 2.05) is 19.9 Å². The summed E-state index contributed by atoms with van der Waals surface area (Å²) in [5, 5.41) is 18.3. The molecule has 1 aliphatic carbocycles. The molecule has 35 heavy (non-hydrogen) atoms. The van der Waals surface area contributed by atoms with E-state index in [0.29, 0.717) is 31.3 Å². The lowest BCUT2D eigenvalue weighted by atomic mass is 10.1. The molecule has 5 unspecified atom stereocenters. The van der Waals surface area contributed by atoms with Crippen molar-refractivity contribution in [1.29, 1.82) is 0 Å². The van der Waals surface area contributed by atoms with E-state index in [2.05, 4.69) is 20.6 Å². The maximum atomic E-state index is 12.4. The third-order valence-electron chi connectivity index (χ3n) is 6.29. The maximum Gasteiger partial charge on any atom is 0.314 e. The Balaban J connectivity index is 1.52. The van der Waals surface area contributed by atoms with E-state index in [1.165, 1.54) is 11.3 Å². The van der Waals surface area contributed by atoms with Crippen LogP contribution in [-0.4, -0.2) is 75.8 Å². The first-order chi connectivity index (χ1) is 16.9. The van der Waals surface area contributed by atoms with E-state index in [9.17, 15) is 9.90 Å². The summed E-state index contributed by atoms with van der Waals surface area (Å²) in [5.41, 5.74) is 3.14. The molecule has 3 N–H and O–H groups in total. The van der Waals surface area contributed by atoms with E-state index in [0.717, 1.165) is 32.2 Å². The highest BCUT2D eigenvalue weighted by molar-refractivity contribution is 7.21. The minimum absolute atomic E-state index is 0.354. The van der Waals surface area contributed by atoms with E-state index >= 15 is 0 Å². The smallest absolute Gasteiger partial charge is 0.314 e. The molecule has 3 aromatic heterocycles. The van der Waals surface area contributed by atoms with Crippen molar-refractivity contribution in [3.63, 3.8) is 0 Å². The summed E-state index contributed by atoms with van der Waals surface area (Å²) in [5.74, 6) is 0.0537. The first-order valence-corrected chi connectivity index (χ1v) is 12.3. The Morgan fingerprint density at radius 3 is 2.86 bits per heavy atom. The zero-order chi connectivity index (χ0) is 24.7. The van der Waals surface area contributed by atoms with Gasteiger partial charge >= 0.3 is 5.97 Å². The SMILES string of the molecule is COCCNc1nc(C)c(-c2nc3c(C)nccc3s2)c(NC2CC3C(=O)OC(C)OC3C2O)n1. The zero-order valence-corrected chi connectivity index (χ0v) is 20.8. The van der Waals surface area contributed by atoms with Gasteiger partial charge in [-0.1, -0.05) is 0 Å². The van der Waals surface area contributed by atoms with Gasteiger partial charge in [0.15, 0.2) is 0 Å². The minimum atomic E-state index is -0.912. The molecule has 2 aliphatic rings. The van der Waals surface area contributed by atoms with Gasteiger partial charge in [-0.2, -0.15) is 4.98 Å². The number of ether oxygens (including phenoxy) is 3. The van der Waals surface area contributed by atoms with Crippen LogP contribution >= 0.6 is 11.3 Å². The number of aryl methyl sites for hydroxylation is 2. The average molecular weight is 501 g/mol. The van der Waals surface area contributed by atoms with Crippen LogP contribution in [0, 0.1) is 19.8 Å². The summed E-state index contributed by atoms with van der Waals surface area (Å²) in [6, 6.07) is 1.46. The number of nitrogens with one attached hydrogen (secondary N) is 2. The number of methoxy groups -OCH3 is 1. The normalized spacial score (nSPS) is 26.0. The Hall–Kier alpha value is -2.93. The molecule has 2 fully saturated rings. The second kappa shape index (κ2) is 9.61. The number of anilines is 2. The Morgan fingerprint density at radius 1 is 1.26 bits per heavy atom. The number of cyclic esters (lactones) is 1. The van der Waals surface area contributed by atoms with Gasteiger partial charge in [-0.25, -0.2) is 9.97 Å². The molecule has 0 amide bonds. The van der Waals surface area contributed by atoms with E-state index < -0.39 is 30.5 Å². The fourth-order valence-electron chi connectivity index (χ4n) is 4.61. The lowest BCUT2D eigenvalue weighted by Gasteiger charge is -2.31. The Labute approximate surface area is 206 Å². The summed E-state index contributed by atoms with van der Waals surface area (Å²) in [6.07, 6.45) is -0.113. The molecule has 1 saturated carbocycles. The Morgan fingerprint density at radius 2 is 2.09 bits per heavy atom. The van der Waals surface area contributed by atoms with Crippen molar-refractivity contribution >= 4 is 39.3 Å². The molecule has 3 aromatic rings. The van der Waals surface area contributed by atoms with Gasteiger partial charge in [0.2, 0.25) is 12.2 Å². The molecule has 4 heterocycles. The first-order valence-electron chi connectivity index (χ1n) is 11.5. The van der Waals surface area contributed by atoms with Gasteiger partial charge in [0, 0.05) is 19.9 Å². The van der Waals surface area contributed by atoms with Crippen LogP contribution in [0.3, 0.4) is 0 Å². The number of hydrogen-bond donors (Lipinski definition) is 3. The molecule has 5 atom stereocenters. The quantitative estimate of drug-likeness (QED) is 0.325. The van der Waals surface area contributed by atoms with Crippen molar-refractivity contribution in [2.24, 2.45) is 5.92 Å². The van der Waals surface area contributed by atoms with Gasteiger partial charge in [-0.05, 0) is 33.3 Å². The van der Waals surface area contributed by atoms with Crippen molar-refractivity contribution in [2.75, 3.05) is 30.9 Å². The lowest BCUT2D eigenvalue weighted by Crippen LogP contribution is -2.45. The van der Waals surface area contributed by atoms with Crippen LogP contribution in [0.25, 0.3) is 20.8 Å². The topological polar surface area (TPSA) is 141 Å². The number of aliphatic hydroxyl groups excluding tert-OH is 1. The number of pyridine rings is 1.